The molecule has 0 aliphatic carbocycles. The van der Waals surface area contributed by atoms with E-state index in [2.05, 4.69) is 4.98 Å². The fourth-order valence-corrected chi connectivity index (χ4v) is 4.59. The van der Waals surface area contributed by atoms with E-state index in [1.807, 2.05) is 43.3 Å². The molecule has 0 spiro atoms. The third-order valence-electron chi connectivity index (χ3n) is 4.19. The van der Waals surface area contributed by atoms with Crippen LogP contribution >= 0.6 is 34.7 Å². The molecule has 4 rings (SSSR count). The number of aromatic nitrogens is 1. The summed E-state index contributed by atoms with van der Waals surface area (Å²) in [4.78, 5) is 23.8. The molecule has 0 bridgehead atoms. The second-order valence-electron chi connectivity index (χ2n) is 6.02. The van der Waals surface area contributed by atoms with Gasteiger partial charge in [-0.25, -0.2) is 9.98 Å². The van der Waals surface area contributed by atoms with Crippen molar-refractivity contribution < 1.29 is 4.79 Å². The second kappa shape index (κ2) is 7.39. The van der Waals surface area contributed by atoms with Gasteiger partial charge >= 0.3 is 0 Å². The third-order valence-corrected chi connectivity index (χ3v) is 6.45. The van der Waals surface area contributed by atoms with Gasteiger partial charge in [0.15, 0.2) is 5.17 Å². The average molecular weight is 402 g/mol. The summed E-state index contributed by atoms with van der Waals surface area (Å²) in [5, 5.41) is 1.41. The zero-order valence-corrected chi connectivity index (χ0v) is 16.5. The van der Waals surface area contributed by atoms with Crippen LogP contribution in [0.5, 0.6) is 0 Å². The van der Waals surface area contributed by atoms with Crippen LogP contribution in [-0.4, -0.2) is 33.3 Å². The largest absolute Gasteiger partial charge is 0.287 e. The molecule has 1 fully saturated rings. The van der Waals surface area contributed by atoms with Crippen LogP contribution in [0.1, 0.15) is 22.3 Å². The number of carbonyl (C=O) groups excluding carboxylic acids is 1. The van der Waals surface area contributed by atoms with Crippen molar-refractivity contribution in [2.24, 2.45) is 4.99 Å². The van der Waals surface area contributed by atoms with Gasteiger partial charge < -0.3 is 0 Å². The Balaban J connectivity index is 1.66. The molecule has 0 unspecified atom stereocenters. The Morgan fingerprint density at radius 3 is 3.00 bits per heavy atom. The number of aryl methyl sites for hydroxylation is 1. The van der Waals surface area contributed by atoms with E-state index in [1.54, 1.807) is 22.2 Å². The molecule has 4 nitrogen and oxygen atoms in total. The first-order chi connectivity index (χ1) is 12.6. The van der Waals surface area contributed by atoms with Crippen LogP contribution in [0.4, 0.5) is 5.69 Å². The summed E-state index contributed by atoms with van der Waals surface area (Å²) in [5.74, 6) is 0.931. The Hall–Kier alpha value is -1.89. The van der Waals surface area contributed by atoms with Crippen molar-refractivity contribution in [1.29, 1.82) is 0 Å². The van der Waals surface area contributed by atoms with Crippen LogP contribution in [0.25, 0.3) is 10.2 Å². The lowest BCUT2D eigenvalue weighted by atomic mass is 10.2. The predicted octanol–water partition coefficient (Wildman–Crippen LogP) is 5.52. The lowest BCUT2D eigenvalue weighted by Gasteiger charge is -2.27. The smallest absolute Gasteiger partial charge is 0.259 e. The van der Waals surface area contributed by atoms with Gasteiger partial charge in [0, 0.05) is 22.9 Å². The van der Waals surface area contributed by atoms with Crippen LogP contribution in [0.15, 0.2) is 46.9 Å². The Kier molecular flexibility index (Phi) is 4.98. The highest BCUT2D eigenvalue weighted by Crippen LogP contribution is 2.28. The predicted molar refractivity (Wildman–Crippen MR) is 111 cm³/mol. The first-order valence-electron chi connectivity index (χ1n) is 8.24. The maximum absolute atomic E-state index is 13.1. The fraction of sp³-hybridized carbons (Fsp3) is 0.211. The quantitative estimate of drug-likeness (QED) is 0.567. The lowest BCUT2D eigenvalue weighted by Crippen LogP contribution is -2.39. The fourth-order valence-electron chi connectivity index (χ4n) is 2.75. The standard InChI is InChI=1S/C19H16ClN3OS2/c1-12-3-5-14(10-15(12)20)22-19-23(7-2-8-25-19)18(24)13-4-6-16-17(9-13)26-11-21-16/h3-6,9-11H,2,7-8H2,1H3. The SMILES string of the molecule is Cc1ccc(N=C2SCCCN2C(=O)c2ccc3ncsc3c2)cc1Cl. The number of aliphatic imine (C=N–C) groups is 1. The molecular weight excluding hydrogens is 386 g/mol. The summed E-state index contributed by atoms with van der Waals surface area (Å²) >= 11 is 9.36. The van der Waals surface area contributed by atoms with Crippen molar-refractivity contribution in [3.05, 3.63) is 58.1 Å². The van der Waals surface area contributed by atoms with Gasteiger partial charge in [0.05, 0.1) is 21.4 Å². The number of nitrogens with zero attached hydrogens (tertiary/aromatic N) is 3. The zero-order valence-electron chi connectivity index (χ0n) is 14.1. The minimum Gasteiger partial charge on any atom is -0.287 e. The number of rotatable bonds is 2. The summed E-state index contributed by atoms with van der Waals surface area (Å²) in [5.41, 5.74) is 5.16. The van der Waals surface area contributed by atoms with E-state index in [0.29, 0.717) is 17.1 Å². The second-order valence-corrected chi connectivity index (χ2v) is 8.38. The number of carbonyl (C=O) groups is 1. The van der Waals surface area contributed by atoms with Crippen molar-refractivity contribution in [3.8, 4) is 0 Å². The molecule has 1 aromatic heterocycles. The minimum absolute atomic E-state index is 0.0236. The maximum atomic E-state index is 13.1. The molecule has 1 aliphatic heterocycles. The van der Waals surface area contributed by atoms with Crippen LogP contribution in [0.2, 0.25) is 5.02 Å². The van der Waals surface area contributed by atoms with E-state index in [-0.39, 0.29) is 5.91 Å². The summed E-state index contributed by atoms with van der Waals surface area (Å²) < 4.78 is 1.02. The molecule has 0 saturated carbocycles. The molecule has 3 aromatic rings. The Bertz CT molecular complexity index is 1010. The maximum Gasteiger partial charge on any atom is 0.259 e. The van der Waals surface area contributed by atoms with Crippen LogP contribution < -0.4 is 0 Å². The van der Waals surface area contributed by atoms with Crippen LogP contribution in [-0.2, 0) is 0 Å². The molecule has 2 heterocycles. The van der Waals surface area contributed by atoms with Gasteiger partial charge in [0.25, 0.3) is 5.91 Å². The van der Waals surface area contributed by atoms with Crippen LogP contribution in [0.3, 0.4) is 0 Å². The van der Waals surface area contributed by atoms with E-state index >= 15 is 0 Å². The van der Waals surface area contributed by atoms with E-state index in [1.165, 1.54) is 11.3 Å². The molecule has 1 saturated heterocycles. The first-order valence-corrected chi connectivity index (χ1v) is 10.5. The normalized spacial score (nSPS) is 16.4. The lowest BCUT2D eigenvalue weighted by molar-refractivity contribution is 0.0849. The van der Waals surface area contributed by atoms with E-state index < -0.39 is 0 Å². The number of amides is 1. The van der Waals surface area contributed by atoms with Gasteiger partial charge in [-0.05, 0) is 49.2 Å². The molecular formula is C19H16ClN3OS2. The van der Waals surface area contributed by atoms with Crippen molar-refractivity contribution in [3.63, 3.8) is 0 Å². The minimum atomic E-state index is -0.0236. The summed E-state index contributed by atoms with van der Waals surface area (Å²) in [6.07, 6.45) is 0.951. The molecule has 26 heavy (non-hydrogen) atoms. The first kappa shape index (κ1) is 17.5. The van der Waals surface area contributed by atoms with Crippen LogP contribution in [0, 0.1) is 6.92 Å². The van der Waals surface area contributed by atoms with Gasteiger partial charge in [0.1, 0.15) is 0 Å². The van der Waals surface area contributed by atoms with Crippen molar-refractivity contribution in [2.45, 2.75) is 13.3 Å². The number of hydrogen-bond acceptors (Lipinski definition) is 5. The highest BCUT2D eigenvalue weighted by molar-refractivity contribution is 8.13. The van der Waals surface area contributed by atoms with Crippen molar-refractivity contribution >= 4 is 61.7 Å². The summed E-state index contributed by atoms with van der Waals surface area (Å²) in [7, 11) is 0. The third kappa shape index (κ3) is 3.49. The highest BCUT2D eigenvalue weighted by atomic mass is 35.5. The zero-order chi connectivity index (χ0) is 18.1. The topological polar surface area (TPSA) is 45.6 Å². The van der Waals surface area contributed by atoms with Gasteiger partial charge in [0.2, 0.25) is 0 Å². The van der Waals surface area contributed by atoms with Gasteiger partial charge in [-0.15, -0.1) is 11.3 Å². The number of fused-ring (bicyclic) bond motifs is 1. The molecule has 2 aromatic carbocycles. The highest BCUT2D eigenvalue weighted by Gasteiger charge is 2.25. The van der Waals surface area contributed by atoms with Gasteiger partial charge in [-0.2, -0.15) is 0 Å². The molecule has 0 N–H and O–H groups in total. The van der Waals surface area contributed by atoms with E-state index in [0.717, 1.165) is 38.8 Å². The number of thiazole rings is 1. The van der Waals surface area contributed by atoms with E-state index in [9.17, 15) is 4.79 Å². The molecule has 1 amide bonds. The summed E-state index contributed by atoms with van der Waals surface area (Å²) in [6.45, 7) is 2.63. The van der Waals surface area contributed by atoms with Gasteiger partial charge in [-0.1, -0.05) is 29.4 Å². The molecule has 7 heteroatoms. The number of hydrogen-bond donors (Lipinski definition) is 0. The van der Waals surface area contributed by atoms with Gasteiger partial charge in [-0.3, -0.25) is 9.69 Å². The van der Waals surface area contributed by atoms with E-state index in [4.69, 9.17) is 16.6 Å². The summed E-state index contributed by atoms with van der Waals surface area (Å²) in [6, 6.07) is 11.4. The Morgan fingerprint density at radius 1 is 1.27 bits per heavy atom. The van der Waals surface area contributed by atoms with Crippen molar-refractivity contribution in [2.75, 3.05) is 12.3 Å². The molecule has 0 atom stereocenters. The van der Waals surface area contributed by atoms with Crippen molar-refractivity contribution in [1.82, 2.24) is 9.88 Å². The molecule has 1 aliphatic rings. The number of thioether (sulfide) groups is 1. The molecule has 0 radical (unpaired) electrons. The monoisotopic (exact) mass is 401 g/mol. The Labute approximate surface area is 164 Å². The Morgan fingerprint density at radius 2 is 2.15 bits per heavy atom. The number of halogens is 1. The molecule has 132 valence electrons. The number of benzene rings is 2. The number of amidine groups is 1. The average Bonchev–Trinajstić information content (AvgIpc) is 3.12.